The maximum absolute atomic E-state index is 12.4. The number of nitriles is 1. The fourth-order valence-corrected chi connectivity index (χ4v) is 3.15. The van der Waals surface area contributed by atoms with Crippen LogP contribution in [0.25, 0.3) is 0 Å². The fourth-order valence-electron chi connectivity index (χ4n) is 2.53. The van der Waals surface area contributed by atoms with Crippen LogP contribution in [0.5, 0.6) is 0 Å². The summed E-state index contributed by atoms with van der Waals surface area (Å²) in [7, 11) is 0. The largest absolute Gasteiger partial charge is 0.449 e. The average Bonchev–Trinajstić information content (AvgIpc) is 3.29. The van der Waals surface area contributed by atoms with Crippen LogP contribution in [0, 0.1) is 11.3 Å². The van der Waals surface area contributed by atoms with Gasteiger partial charge in [-0.2, -0.15) is 5.26 Å². The zero-order valence-electron chi connectivity index (χ0n) is 15.9. The van der Waals surface area contributed by atoms with E-state index in [4.69, 9.17) is 10.00 Å². The summed E-state index contributed by atoms with van der Waals surface area (Å²) in [6.07, 6.45) is -1.09. The van der Waals surface area contributed by atoms with E-state index in [1.165, 1.54) is 30.4 Å². The van der Waals surface area contributed by atoms with Gasteiger partial charge in [0.25, 0.3) is 11.8 Å². The Bertz CT molecular complexity index is 1120. The first-order valence-electron chi connectivity index (χ1n) is 8.94. The van der Waals surface area contributed by atoms with Gasteiger partial charge in [-0.3, -0.25) is 9.59 Å². The summed E-state index contributed by atoms with van der Waals surface area (Å²) in [4.78, 5) is 37.5. The minimum Gasteiger partial charge on any atom is -0.449 e. The number of nitrogens with one attached hydrogen (secondary N) is 2. The number of rotatable bonds is 6. The highest BCUT2D eigenvalue weighted by atomic mass is 32.1. The van der Waals surface area contributed by atoms with Crippen LogP contribution in [0.2, 0.25) is 0 Å². The molecule has 7 nitrogen and oxygen atoms in total. The van der Waals surface area contributed by atoms with Crippen LogP contribution >= 0.6 is 11.3 Å². The minimum absolute atomic E-state index is 0.191. The van der Waals surface area contributed by atoms with Crippen molar-refractivity contribution in [3.63, 3.8) is 0 Å². The van der Waals surface area contributed by atoms with Crippen molar-refractivity contribution < 1.29 is 19.1 Å². The first-order valence-corrected chi connectivity index (χ1v) is 9.82. The van der Waals surface area contributed by atoms with E-state index in [0.717, 1.165) is 0 Å². The van der Waals surface area contributed by atoms with Crippen LogP contribution in [0.15, 0.2) is 66.0 Å². The highest BCUT2D eigenvalue weighted by Crippen LogP contribution is 2.17. The molecule has 1 atom stereocenters. The minimum atomic E-state index is -1.09. The molecule has 0 aliphatic rings. The second-order valence-electron chi connectivity index (χ2n) is 6.21. The van der Waals surface area contributed by atoms with E-state index in [0.29, 0.717) is 21.8 Å². The van der Waals surface area contributed by atoms with Gasteiger partial charge in [0.1, 0.15) is 6.07 Å². The lowest BCUT2D eigenvalue weighted by atomic mass is 10.2. The molecule has 0 fully saturated rings. The van der Waals surface area contributed by atoms with Gasteiger partial charge >= 0.3 is 5.97 Å². The Morgan fingerprint density at radius 2 is 1.83 bits per heavy atom. The van der Waals surface area contributed by atoms with Gasteiger partial charge in [0.15, 0.2) is 6.10 Å². The Balaban J connectivity index is 1.63. The Morgan fingerprint density at radius 3 is 2.57 bits per heavy atom. The van der Waals surface area contributed by atoms with Crippen molar-refractivity contribution in [2.75, 3.05) is 10.6 Å². The Kier molecular flexibility index (Phi) is 6.57. The summed E-state index contributed by atoms with van der Waals surface area (Å²) in [6, 6.07) is 18.2. The lowest BCUT2D eigenvalue weighted by molar-refractivity contribution is -0.123. The summed E-state index contributed by atoms with van der Waals surface area (Å²) in [6.45, 7) is 1.44. The van der Waals surface area contributed by atoms with Crippen LogP contribution in [-0.4, -0.2) is 23.9 Å². The Hall–Kier alpha value is -3.96. The van der Waals surface area contributed by atoms with E-state index in [2.05, 4.69) is 10.6 Å². The number of amides is 2. The predicted octanol–water partition coefficient (Wildman–Crippen LogP) is 4.06. The lowest BCUT2D eigenvalue weighted by Gasteiger charge is -2.14. The van der Waals surface area contributed by atoms with Crippen molar-refractivity contribution in [1.29, 1.82) is 5.26 Å². The maximum atomic E-state index is 12.4. The zero-order chi connectivity index (χ0) is 21.5. The van der Waals surface area contributed by atoms with Gasteiger partial charge in [0.05, 0.1) is 21.7 Å². The predicted molar refractivity (Wildman–Crippen MR) is 113 cm³/mol. The highest BCUT2D eigenvalue weighted by molar-refractivity contribution is 7.12. The number of carbonyl (C=O) groups is 3. The molecule has 2 amide bonds. The van der Waals surface area contributed by atoms with Crippen molar-refractivity contribution >= 4 is 40.5 Å². The average molecular weight is 419 g/mol. The third kappa shape index (κ3) is 5.10. The standard InChI is InChI=1S/C22H17N3O4S/c1-14(20(26)25-18-9-3-2-6-16(18)13-23)29-22(28)15-7-4-8-17(12-15)24-21(27)19-10-5-11-30-19/h2-12,14H,1H3,(H,24,27)(H,25,26). The van der Waals surface area contributed by atoms with E-state index in [1.807, 2.05) is 6.07 Å². The number of esters is 1. The summed E-state index contributed by atoms with van der Waals surface area (Å²) < 4.78 is 5.23. The molecule has 1 aromatic heterocycles. The summed E-state index contributed by atoms with van der Waals surface area (Å²) in [5, 5.41) is 16.2. The number of para-hydroxylation sites is 1. The molecule has 3 rings (SSSR count). The van der Waals surface area contributed by atoms with Crippen molar-refractivity contribution in [3.05, 3.63) is 82.0 Å². The third-order valence-corrected chi connectivity index (χ3v) is 4.93. The maximum Gasteiger partial charge on any atom is 0.338 e. The SMILES string of the molecule is CC(OC(=O)c1cccc(NC(=O)c2cccs2)c1)C(=O)Nc1ccccc1C#N. The van der Waals surface area contributed by atoms with Crippen LogP contribution in [0.3, 0.4) is 0 Å². The number of carbonyl (C=O) groups excluding carboxylic acids is 3. The molecule has 0 saturated carbocycles. The van der Waals surface area contributed by atoms with Crippen molar-refractivity contribution in [3.8, 4) is 6.07 Å². The van der Waals surface area contributed by atoms with Gasteiger partial charge in [0.2, 0.25) is 0 Å². The monoisotopic (exact) mass is 419 g/mol. The molecule has 1 heterocycles. The molecule has 150 valence electrons. The summed E-state index contributed by atoms with van der Waals surface area (Å²) >= 11 is 1.31. The van der Waals surface area contributed by atoms with Gasteiger partial charge < -0.3 is 15.4 Å². The smallest absolute Gasteiger partial charge is 0.338 e. The normalized spacial score (nSPS) is 11.1. The Morgan fingerprint density at radius 1 is 1.03 bits per heavy atom. The van der Waals surface area contributed by atoms with Gasteiger partial charge in [-0.15, -0.1) is 11.3 Å². The molecule has 0 radical (unpaired) electrons. The molecule has 1 unspecified atom stereocenters. The number of ether oxygens (including phenoxy) is 1. The topological polar surface area (TPSA) is 108 Å². The molecular weight excluding hydrogens is 402 g/mol. The van der Waals surface area contributed by atoms with E-state index >= 15 is 0 Å². The molecule has 0 aliphatic heterocycles. The molecular formula is C22H17N3O4S. The first kappa shape index (κ1) is 20.8. The quantitative estimate of drug-likeness (QED) is 0.586. The number of anilines is 2. The van der Waals surface area contributed by atoms with E-state index in [-0.39, 0.29) is 11.5 Å². The number of hydrogen-bond acceptors (Lipinski definition) is 6. The molecule has 3 aromatic rings. The van der Waals surface area contributed by atoms with Crippen molar-refractivity contribution in [2.24, 2.45) is 0 Å². The van der Waals surface area contributed by atoms with Gasteiger partial charge in [-0.25, -0.2) is 4.79 Å². The first-order chi connectivity index (χ1) is 14.5. The number of benzene rings is 2. The molecule has 0 aliphatic carbocycles. The van der Waals surface area contributed by atoms with Crippen molar-refractivity contribution in [2.45, 2.75) is 13.0 Å². The highest BCUT2D eigenvalue weighted by Gasteiger charge is 2.20. The molecule has 0 saturated heterocycles. The molecule has 2 N–H and O–H groups in total. The van der Waals surface area contributed by atoms with E-state index < -0.39 is 18.0 Å². The second-order valence-corrected chi connectivity index (χ2v) is 7.15. The van der Waals surface area contributed by atoms with E-state index in [1.54, 1.807) is 53.9 Å². The zero-order valence-corrected chi connectivity index (χ0v) is 16.7. The number of hydrogen-bond donors (Lipinski definition) is 2. The van der Waals surface area contributed by atoms with Gasteiger partial charge in [-0.1, -0.05) is 24.3 Å². The molecule has 30 heavy (non-hydrogen) atoms. The van der Waals surface area contributed by atoms with Gasteiger partial charge in [0, 0.05) is 5.69 Å². The summed E-state index contributed by atoms with van der Waals surface area (Å²) in [5.74, 6) is -1.55. The van der Waals surface area contributed by atoms with Crippen LogP contribution in [0.4, 0.5) is 11.4 Å². The molecule has 2 aromatic carbocycles. The second kappa shape index (κ2) is 9.49. The van der Waals surface area contributed by atoms with Gasteiger partial charge in [-0.05, 0) is 48.7 Å². The number of thiophene rings is 1. The third-order valence-electron chi connectivity index (χ3n) is 4.06. The molecule has 0 bridgehead atoms. The van der Waals surface area contributed by atoms with Crippen LogP contribution in [0.1, 0.15) is 32.5 Å². The fraction of sp³-hybridized carbons (Fsp3) is 0.0909. The lowest BCUT2D eigenvalue weighted by Crippen LogP contribution is -2.30. The Labute approximate surface area is 176 Å². The number of nitrogens with zero attached hydrogens (tertiary/aromatic N) is 1. The molecule has 0 spiro atoms. The van der Waals surface area contributed by atoms with E-state index in [9.17, 15) is 14.4 Å². The van der Waals surface area contributed by atoms with Crippen molar-refractivity contribution in [1.82, 2.24) is 0 Å². The van der Waals surface area contributed by atoms with Crippen LogP contribution < -0.4 is 10.6 Å². The summed E-state index contributed by atoms with van der Waals surface area (Å²) in [5.41, 5.74) is 1.27. The van der Waals surface area contributed by atoms with Crippen LogP contribution in [-0.2, 0) is 9.53 Å². The molecule has 8 heteroatoms.